The fraction of sp³-hybridized carbons (Fsp3) is 0.111. The quantitative estimate of drug-likeness (QED) is 0.705. The molecule has 1 aromatic heterocycles. The van der Waals surface area contributed by atoms with Gasteiger partial charge in [0.15, 0.2) is 0 Å². The standard InChI is InChI=1S/C9H8O2S/c10-4-6-5-12-9-2-1-7(11)3-8(6)9/h1-3,5,10-11H,4H2. The Morgan fingerprint density at radius 1 is 1.33 bits per heavy atom. The largest absolute Gasteiger partial charge is 0.508 e. The van der Waals surface area contributed by atoms with E-state index in [4.69, 9.17) is 5.11 Å². The van der Waals surface area contributed by atoms with Crippen molar-refractivity contribution < 1.29 is 10.2 Å². The van der Waals surface area contributed by atoms with Crippen molar-refractivity contribution in [3.63, 3.8) is 0 Å². The van der Waals surface area contributed by atoms with Gasteiger partial charge in [-0.2, -0.15) is 0 Å². The molecule has 0 fully saturated rings. The number of thiophene rings is 1. The summed E-state index contributed by atoms with van der Waals surface area (Å²) in [5.41, 5.74) is 0.880. The van der Waals surface area contributed by atoms with Crippen LogP contribution in [0.5, 0.6) is 5.75 Å². The smallest absolute Gasteiger partial charge is 0.116 e. The van der Waals surface area contributed by atoms with Crippen LogP contribution in [0.4, 0.5) is 0 Å². The van der Waals surface area contributed by atoms with Crippen molar-refractivity contribution in [2.75, 3.05) is 0 Å². The maximum absolute atomic E-state index is 9.19. The van der Waals surface area contributed by atoms with Crippen LogP contribution in [-0.2, 0) is 6.61 Å². The Morgan fingerprint density at radius 2 is 2.17 bits per heavy atom. The molecule has 0 spiro atoms. The lowest BCUT2D eigenvalue weighted by molar-refractivity contribution is 0.284. The summed E-state index contributed by atoms with van der Waals surface area (Å²) in [7, 11) is 0. The van der Waals surface area contributed by atoms with E-state index in [0.717, 1.165) is 15.6 Å². The third-order valence-corrected chi connectivity index (χ3v) is 2.82. The highest BCUT2D eigenvalue weighted by molar-refractivity contribution is 7.17. The molecular formula is C9H8O2S. The molecule has 0 radical (unpaired) electrons. The van der Waals surface area contributed by atoms with Crippen LogP contribution in [-0.4, -0.2) is 10.2 Å². The summed E-state index contributed by atoms with van der Waals surface area (Å²) in [6, 6.07) is 5.19. The monoisotopic (exact) mass is 180 g/mol. The highest BCUT2D eigenvalue weighted by Crippen LogP contribution is 2.28. The minimum absolute atomic E-state index is 0.0312. The molecular weight excluding hydrogens is 172 g/mol. The van der Waals surface area contributed by atoms with E-state index < -0.39 is 0 Å². The number of hydrogen-bond acceptors (Lipinski definition) is 3. The van der Waals surface area contributed by atoms with E-state index >= 15 is 0 Å². The number of benzene rings is 1. The molecule has 0 saturated heterocycles. The first-order chi connectivity index (χ1) is 5.81. The van der Waals surface area contributed by atoms with Crippen LogP contribution in [0.25, 0.3) is 10.1 Å². The zero-order valence-electron chi connectivity index (χ0n) is 6.32. The Hall–Kier alpha value is -1.06. The fourth-order valence-electron chi connectivity index (χ4n) is 1.19. The molecule has 0 aliphatic heterocycles. The molecule has 0 saturated carbocycles. The van der Waals surface area contributed by atoms with Crippen LogP contribution < -0.4 is 0 Å². The molecule has 3 heteroatoms. The molecule has 0 atom stereocenters. The van der Waals surface area contributed by atoms with Crippen LogP contribution in [0.15, 0.2) is 23.6 Å². The van der Waals surface area contributed by atoms with E-state index in [-0.39, 0.29) is 12.4 Å². The number of aliphatic hydroxyl groups is 1. The van der Waals surface area contributed by atoms with Crippen molar-refractivity contribution in [3.05, 3.63) is 29.1 Å². The average Bonchev–Trinajstić information content (AvgIpc) is 2.46. The Labute approximate surface area is 73.7 Å². The molecule has 2 nitrogen and oxygen atoms in total. The molecule has 0 unspecified atom stereocenters. The van der Waals surface area contributed by atoms with Crippen LogP contribution in [0.2, 0.25) is 0 Å². The molecule has 2 rings (SSSR count). The van der Waals surface area contributed by atoms with Crippen molar-refractivity contribution >= 4 is 21.4 Å². The lowest BCUT2D eigenvalue weighted by Crippen LogP contribution is -1.77. The molecule has 1 heterocycles. The number of aliphatic hydroxyl groups excluding tert-OH is 1. The number of hydrogen-bond donors (Lipinski definition) is 2. The summed E-state index contributed by atoms with van der Waals surface area (Å²) < 4.78 is 1.09. The van der Waals surface area contributed by atoms with Gasteiger partial charge in [-0.05, 0) is 29.1 Å². The summed E-state index contributed by atoms with van der Waals surface area (Å²) in [6.07, 6.45) is 0. The minimum Gasteiger partial charge on any atom is -0.508 e. The minimum atomic E-state index is 0.0312. The maximum Gasteiger partial charge on any atom is 0.116 e. The average molecular weight is 180 g/mol. The number of phenols is 1. The van der Waals surface area contributed by atoms with E-state index in [9.17, 15) is 5.11 Å². The third-order valence-electron chi connectivity index (χ3n) is 1.81. The van der Waals surface area contributed by atoms with E-state index in [1.54, 1.807) is 23.5 Å². The molecule has 2 aromatic rings. The number of rotatable bonds is 1. The summed E-state index contributed by atoms with van der Waals surface area (Å²) >= 11 is 1.58. The summed E-state index contributed by atoms with van der Waals surface area (Å²) in [4.78, 5) is 0. The van der Waals surface area contributed by atoms with Crippen molar-refractivity contribution in [3.8, 4) is 5.75 Å². The van der Waals surface area contributed by atoms with Crippen molar-refractivity contribution in [2.24, 2.45) is 0 Å². The molecule has 12 heavy (non-hydrogen) atoms. The summed E-state index contributed by atoms with van der Waals surface area (Å²) in [5.74, 6) is 0.246. The molecule has 1 aromatic carbocycles. The van der Waals surface area contributed by atoms with E-state index in [1.807, 2.05) is 11.4 Å². The Balaban J connectivity index is 2.75. The van der Waals surface area contributed by atoms with Crippen molar-refractivity contribution in [1.82, 2.24) is 0 Å². The molecule has 62 valence electrons. The molecule has 0 amide bonds. The topological polar surface area (TPSA) is 40.5 Å². The van der Waals surface area contributed by atoms with Gasteiger partial charge in [-0.3, -0.25) is 0 Å². The summed E-state index contributed by atoms with van der Waals surface area (Å²) in [6.45, 7) is 0.0312. The second-order valence-corrected chi connectivity index (χ2v) is 3.51. The lowest BCUT2D eigenvalue weighted by Gasteiger charge is -1.94. The highest BCUT2D eigenvalue weighted by Gasteiger charge is 2.02. The first-order valence-electron chi connectivity index (χ1n) is 3.61. The number of aromatic hydroxyl groups is 1. The Bertz CT molecular complexity index is 406. The predicted molar refractivity (Wildman–Crippen MR) is 49.4 cm³/mol. The highest BCUT2D eigenvalue weighted by atomic mass is 32.1. The molecule has 0 aliphatic carbocycles. The second kappa shape index (κ2) is 2.77. The second-order valence-electron chi connectivity index (χ2n) is 2.60. The van der Waals surface area contributed by atoms with Gasteiger partial charge in [0.2, 0.25) is 0 Å². The summed E-state index contributed by atoms with van der Waals surface area (Å²) in [5, 5.41) is 21.0. The van der Waals surface area contributed by atoms with Gasteiger partial charge in [-0.25, -0.2) is 0 Å². The number of phenolic OH excluding ortho intramolecular Hbond substituents is 1. The maximum atomic E-state index is 9.19. The van der Waals surface area contributed by atoms with Gasteiger partial charge in [0.1, 0.15) is 5.75 Å². The SMILES string of the molecule is OCc1csc2ccc(O)cc12. The molecule has 0 bridgehead atoms. The first kappa shape index (κ1) is 7.58. The van der Waals surface area contributed by atoms with Crippen LogP contribution in [0.1, 0.15) is 5.56 Å². The number of fused-ring (bicyclic) bond motifs is 1. The zero-order valence-corrected chi connectivity index (χ0v) is 7.14. The normalized spacial score (nSPS) is 10.8. The Kier molecular flexibility index (Phi) is 1.75. The van der Waals surface area contributed by atoms with Crippen LogP contribution in [0, 0.1) is 0 Å². The van der Waals surface area contributed by atoms with Gasteiger partial charge >= 0.3 is 0 Å². The van der Waals surface area contributed by atoms with Gasteiger partial charge in [0, 0.05) is 10.1 Å². The van der Waals surface area contributed by atoms with E-state index in [1.165, 1.54) is 0 Å². The molecule has 2 N–H and O–H groups in total. The van der Waals surface area contributed by atoms with E-state index in [0.29, 0.717) is 0 Å². The van der Waals surface area contributed by atoms with Crippen LogP contribution >= 0.6 is 11.3 Å². The Morgan fingerprint density at radius 3 is 2.92 bits per heavy atom. The van der Waals surface area contributed by atoms with Crippen molar-refractivity contribution in [1.29, 1.82) is 0 Å². The van der Waals surface area contributed by atoms with Gasteiger partial charge < -0.3 is 10.2 Å². The van der Waals surface area contributed by atoms with E-state index in [2.05, 4.69) is 0 Å². The van der Waals surface area contributed by atoms with Gasteiger partial charge in [-0.1, -0.05) is 0 Å². The predicted octanol–water partition coefficient (Wildman–Crippen LogP) is 2.10. The van der Waals surface area contributed by atoms with Gasteiger partial charge in [0.05, 0.1) is 6.61 Å². The zero-order chi connectivity index (χ0) is 8.55. The lowest BCUT2D eigenvalue weighted by atomic mass is 10.2. The van der Waals surface area contributed by atoms with Gasteiger partial charge in [-0.15, -0.1) is 11.3 Å². The molecule has 0 aliphatic rings. The first-order valence-corrected chi connectivity index (χ1v) is 4.49. The fourth-order valence-corrected chi connectivity index (χ4v) is 2.13. The van der Waals surface area contributed by atoms with Gasteiger partial charge in [0.25, 0.3) is 0 Å². The van der Waals surface area contributed by atoms with Crippen molar-refractivity contribution in [2.45, 2.75) is 6.61 Å². The third kappa shape index (κ3) is 1.07. The van der Waals surface area contributed by atoms with Crippen LogP contribution in [0.3, 0.4) is 0 Å².